The number of H-pyrrole nitrogens is 1. The molecular weight excluding hydrogens is 298 g/mol. The summed E-state index contributed by atoms with van der Waals surface area (Å²) in [5.41, 5.74) is 0.0896. The van der Waals surface area contributed by atoms with Gasteiger partial charge in [0.1, 0.15) is 10.5 Å². The Labute approximate surface area is 120 Å². The van der Waals surface area contributed by atoms with E-state index in [0.29, 0.717) is 29.0 Å². The topological polar surface area (TPSA) is 91.9 Å². The maximum absolute atomic E-state index is 11.8. The van der Waals surface area contributed by atoms with Gasteiger partial charge in [0.25, 0.3) is 5.56 Å². The lowest BCUT2D eigenvalue weighted by Gasteiger charge is -2.23. The Kier molecular flexibility index (Phi) is 3.19. The van der Waals surface area contributed by atoms with Crippen molar-refractivity contribution in [3.63, 3.8) is 0 Å². The molecule has 2 N–H and O–H groups in total. The van der Waals surface area contributed by atoms with Crippen LogP contribution in [0.1, 0.15) is 19.2 Å². The maximum Gasteiger partial charge on any atom is 0.268 e. The van der Waals surface area contributed by atoms with Crippen molar-refractivity contribution >= 4 is 31.4 Å². The third-order valence-electron chi connectivity index (χ3n) is 3.55. The average molecular weight is 313 g/mol. The van der Waals surface area contributed by atoms with Crippen LogP contribution in [0.25, 0.3) is 10.2 Å². The minimum Gasteiger partial charge on any atom is -0.308 e. The zero-order valence-corrected chi connectivity index (χ0v) is 12.6. The second kappa shape index (κ2) is 4.64. The van der Waals surface area contributed by atoms with Gasteiger partial charge in [0.05, 0.1) is 23.6 Å². The largest absolute Gasteiger partial charge is 0.308 e. The molecule has 8 heteroatoms. The van der Waals surface area contributed by atoms with E-state index in [-0.39, 0.29) is 17.1 Å². The quantitative estimate of drug-likeness (QED) is 0.868. The van der Waals surface area contributed by atoms with Crippen LogP contribution in [0.3, 0.4) is 0 Å². The van der Waals surface area contributed by atoms with Gasteiger partial charge in [-0.05, 0) is 24.8 Å². The first-order chi connectivity index (χ1) is 9.37. The zero-order chi connectivity index (χ0) is 14.4. The molecule has 1 aliphatic rings. The Morgan fingerprint density at radius 1 is 1.55 bits per heavy atom. The number of sulfone groups is 1. The summed E-state index contributed by atoms with van der Waals surface area (Å²) in [6.45, 7) is 2.24. The third-order valence-corrected chi connectivity index (χ3v) is 6.36. The zero-order valence-electron chi connectivity index (χ0n) is 11.0. The molecule has 0 bridgehead atoms. The fraction of sp³-hybridized carbons (Fsp3) is 0.500. The predicted octanol–water partition coefficient (Wildman–Crippen LogP) is 0.651. The summed E-state index contributed by atoms with van der Waals surface area (Å²) in [4.78, 5) is 18.9. The summed E-state index contributed by atoms with van der Waals surface area (Å²) in [5.74, 6) is 0.876. The minimum atomic E-state index is -2.95. The smallest absolute Gasteiger partial charge is 0.268 e. The summed E-state index contributed by atoms with van der Waals surface area (Å²) in [5, 5.41) is 5.03. The molecule has 0 spiro atoms. The summed E-state index contributed by atoms with van der Waals surface area (Å²) in [7, 11) is -2.95. The van der Waals surface area contributed by atoms with Crippen molar-refractivity contribution in [1.82, 2.24) is 15.3 Å². The van der Waals surface area contributed by atoms with Crippen LogP contribution in [0.15, 0.2) is 16.2 Å². The molecule has 0 aromatic carbocycles. The molecule has 1 unspecified atom stereocenters. The molecule has 0 radical (unpaired) electrons. The highest BCUT2D eigenvalue weighted by Crippen LogP contribution is 2.23. The van der Waals surface area contributed by atoms with Crippen LogP contribution in [-0.2, 0) is 16.4 Å². The van der Waals surface area contributed by atoms with E-state index in [1.807, 2.05) is 12.3 Å². The lowest BCUT2D eigenvalue weighted by Crippen LogP contribution is -2.43. The molecule has 1 saturated heterocycles. The highest BCUT2D eigenvalue weighted by Gasteiger charge is 2.37. The van der Waals surface area contributed by atoms with Gasteiger partial charge in [-0.25, -0.2) is 13.4 Å². The van der Waals surface area contributed by atoms with Gasteiger partial charge in [0, 0.05) is 5.54 Å². The number of hydrogen-bond acceptors (Lipinski definition) is 6. The van der Waals surface area contributed by atoms with Gasteiger partial charge < -0.3 is 10.3 Å². The van der Waals surface area contributed by atoms with Crippen molar-refractivity contribution in [2.24, 2.45) is 0 Å². The number of aromatic nitrogens is 2. The second-order valence-corrected chi connectivity index (χ2v) is 8.50. The first-order valence-electron chi connectivity index (χ1n) is 6.29. The van der Waals surface area contributed by atoms with Crippen LogP contribution in [0.5, 0.6) is 0 Å². The Bertz CT molecular complexity index is 809. The molecule has 0 aliphatic carbocycles. The normalized spacial score (nSPS) is 25.2. The molecule has 1 aliphatic heterocycles. The van der Waals surface area contributed by atoms with Gasteiger partial charge in [0.15, 0.2) is 9.84 Å². The van der Waals surface area contributed by atoms with Gasteiger partial charge in [0.2, 0.25) is 0 Å². The fourth-order valence-corrected chi connectivity index (χ4v) is 5.30. The van der Waals surface area contributed by atoms with E-state index in [0.717, 1.165) is 0 Å². The lowest BCUT2D eigenvalue weighted by atomic mass is 10.0. The van der Waals surface area contributed by atoms with Crippen molar-refractivity contribution in [2.45, 2.75) is 25.4 Å². The van der Waals surface area contributed by atoms with Crippen LogP contribution in [-0.4, -0.2) is 35.4 Å². The van der Waals surface area contributed by atoms with Crippen molar-refractivity contribution in [1.29, 1.82) is 0 Å². The van der Waals surface area contributed by atoms with Gasteiger partial charge in [-0.2, -0.15) is 0 Å². The minimum absolute atomic E-state index is 0.130. The number of aromatic amines is 1. The van der Waals surface area contributed by atoms with Crippen molar-refractivity contribution in [2.75, 3.05) is 11.5 Å². The van der Waals surface area contributed by atoms with E-state index >= 15 is 0 Å². The molecule has 108 valence electrons. The Balaban J connectivity index is 1.79. The van der Waals surface area contributed by atoms with Gasteiger partial charge in [-0.3, -0.25) is 4.79 Å². The molecule has 1 fully saturated rings. The van der Waals surface area contributed by atoms with Crippen molar-refractivity contribution < 1.29 is 8.42 Å². The Morgan fingerprint density at radius 3 is 3.05 bits per heavy atom. The van der Waals surface area contributed by atoms with Crippen LogP contribution >= 0.6 is 11.3 Å². The summed E-state index contributed by atoms with van der Waals surface area (Å²) >= 11 is 1.36. The highest BCUT2D eigenvalue weighted by molar-refractivity contribution is 7.91. The number of hydrogen-bond donors (Lipinski definition) is 2. The van der Waals surface area contributed by atoms with E-state index in [1.54, 1.807) is 6.07 Å². The first kappa shape index (κ1) is 13.7. The first-order valence-corrected chi connectivity index (χ1v) is 8.99. The molecule has 2 aromatic rings. The fourth-order valence-electron chi connectivity index (χ4n) is 2.45. The summed E-state index contributed by atoms with van der Waals surface area (Å²) in [6.07, 6.45) is 0.584. The molecule has 3 heterocycles. The Hall–Kier alpha value is -1.25. The molecule has 2 aromatic heterocycles. The third kappa shape index (κ3) is 2.63. The number of nitrogens with zero attached hydrogens (tertiary/aromatic N) is 1. The number of thiophene rings is 1. The maximum atomic E-state index is 11.8. The molecular formula is C12H15N3O3S2. The average Bonchev–Trinajstić information content (AvgIpc) is 2.92. The standard InChI is InChI=1S/C12H15N3O3S2/c1-12(3-5-20(17,18)7-12)13-6-9-14-8-2-4-19-10(8)11(16)15-9/h2,4,13H,3,5-7H2,1H3,(H,14,15,16). The molecule has 20 heavy (non-hydrogen) atoms. The highest BCUT2D eigenvalue weighted by atomic mass is 32.2. The molecule has 0 saturated carbocycles. The van der Waals surface area contributed by atoms with Crippen LogP contribution in [0, 0.1) is 0 Å². The van der Waals surface area contributed by atoms with Gasteiger partial charge in [-0.15, -0.1) is 11.3 Å². The number of rotatable bonds is 3. The molecule has 1 atom stereocenters. The SMILES string of the molecule is CC1(NCc2nc3ccsc3c(=O)[nH]2)CCS(=O)(=O)C1. The van der Waals surface area contributed by atoms with Crippen molar-refractivity contribution in [3.8, 4) is 0 Å². The van der Waals surface area contributed by atoms with E-state index < -0.39 is 15.4 Å². The van der Waals surface area contributed by atoms with Gasteiger partial charge >= 0.3 is 0 Å². The summed E-state index contributed by atoms with van der Waals surface area (Å²) in [6, 6.07) is 1.81. The second-order valence-electron chi connectivity index (χ2n) is 5.40. The number of nitrogens with one attached hydrogen (secondary N) is 2. The van der Waals surface area contributed by atoms with E-state index in [2.05, 4.69) is 15.3 Å². The monoisotopic (exact) mass is 313 g/mol. The van der Waals surface area contributed by atoms with Crippen molar-refractivity contribution in [3.05, 3.63) is 27.6 Å². The molecule has 0 amide bonds. The van der Waals surface area contributed by atoms with E-state index in [4.69, 9.17) is 0 Å². The van der Waals surface area contributed by atoms with E-state index in [1.165, 1.54) is 11.3 Å². The van der Waals surface area contributed by atoms with Crippen LogP contribution < -0.4 is 10.9 Å². The molecule has 3 rings (SSSR count). The van der Waals surface area contributed by atoms with Crippen LogP contribution in [0.4, 0.5) is 0 Å². The lowest BCUT2D eigenvalue weighted by molar-refractivity contribution is 0.390. The van der Waals surface area contributed by atoms with E-state index in [9.17, 15) is 13.2 Å². The van der Waals surface area contributed by atoms with Gasteiger partial charge in [-0.1, -0.05) is 0 Å². The predicted molar refractivity (Wildman–Crippen MR) is 78.8 cm³/mol. The number of fused-ring (bicyclic) bond motifs is 1. The molecule has 6 nitrogen and oxygen atoms in total. The summed E-state index contributed by atoms with van der Waals surface area (Å²) < 4.78 is 23.7. The Morgan fingerprint density at radius 2 is 2.35 bits per heavy atom. The van der Waals surface area contributed by atoms with Crippen LogP contribution in [0.2, 0.25) is 0 Å².